The monoisotopic (exact) mass is 206 g/mol. The summed E-state index contributed by atoms with van der Waals surface area (Å²) in [6, 6.07) is 0. The topological polar surface area (TPSA) is 34.1 Å². The molecule has 0 heterocycles. The highest BCUT2D eigenvalue weighted by Gasteiger charge is 2.35. The predicted molar refractivity (Wildman–Crippen MR) is 57.6 cm³/mol. The number of rotatable bonds is 5. The fourth-order valence-corrected chi connectivity index (χ4v) is 3.49. The lowest BCUT2D eigenvalue weighted by Crippen LogP contribution is -2.37. The van der Waals surface area contributed by atoms with Crippen molar-refractivity contribution in [2.45, 2.75) is 52.2 Å². The van der Waals surface area contributed by atoms with Crippen molar-refractivity contribution in [2.75, 3.05) is 5.75 Å². The van der Waals surface area contributed by atoms with Gasteiger partial charge in [0.2, 0.25) is 0 Å². The second-order valence-corrected chi connectivity index (χ2v) is 6.88. The third-order valence-corrected chi connectivity index (χ3v) is 5.98. The standard InChI is InChI=1S/C10H22O2S/c1-6-10(5,7-2)13(11,12)8-9(3)4/h9H,6-8H2,1-5H3. The van der Waals surface area contributed by atoms with Gasteiger partial charge in [-0.3, -0.25) is 0 Å². The summed E-state index contributed by atoms with van der Waals surface area (Å²) < 4.78 is 23.3. The zero-order valence-electron chi connectivity index (χ0n) is 9.42. The van der Waals surface area contributed by atoms with Gasteiger partial charge in [-0.2, -0.15) is 0 Å². The number of sulfone groups is 1. The van der Waals surface area contributed by atoms with E-state index in [0.29, 0.717) is 18.6 Å². The van der Waals surface area contributed by atoms with Gasteiger partial charge in [0, 0.05) is 0 Å². The van der Waals surface area contributed by atoms with Crippen LogP contribution in [-0.2, 0) is 9.84 Å². The first-order chi connectivity index (χ1) is 5.79. The van der Waals surface area contributed by atoms with Crippen molar-refractivity contribution in [3.63, 3.8) is 0 Å². The minimum atomic E-state index is -2.92. The van der Waals surface area contributed by atoms with Gasteiger partial charge in [-0.05, 0) is 25.7 Å². The molecule has 0 aliphatic heterocycles. The predicted octanol–water partition coefficient (Wildman–Crippen LogP) is 2.64. The zero-order valence-corrected chi connectivity index (χ0v) is 10.2. The van der Waals surface area contributed by atoms with Gasteiger partial charge in [-0.1, -0.05) is 27.7 Å². The van der Waals surface area contributed by atoms with Gasteiger partial charge < -0.3 is 0 Å². The van der Waals surface area contributed by atoms with Crippen molar-refractivity contribution >= 4 is 9.84 Å². The summed E-state index contributed by atoms with van der Waals surface area (Å²) in [7, 11) is -2.92. The Morgan fingerprint density at radius 1 is 1.15 bits per heavy atom. The lowest BCUT2D eigenvalue weighted by molar-refractivity contribution is 0.499. The second kappa shape index (κ2) is 4.45. The van der Waals surface area contributed by atoms with Crippen LogP contribution in [0.25, 0.3) is 0 Å². The molecule has 0 amide bonds. The van der Waals surface area contributed by atoms with Crippen molar-refractivity contribution in [2.24, 2.45) is 5.92 Å². The van der Waals surface area contributed by atoms with Crippen LogP contribution in [0.15, 0.2) is 0 Å². The van der Waals surface area contributed by atoms with E-state index < -0.39 is 14.6 Å². The van der Waals surface area contributed by atoms with Gasteiger partial charge in [0.05, 0.1) is 10.5 Å². The second-order valence-electron chi connectivity index (χ2n) is 4.33. The van der Waals surface area contributed by atoms with Crippen LogP contribution >= 0.6 is 0 Å². The van der Waals surface area contributed by atoms with Crippen LogP contribution in [0.2, 0.25) is 0 Å². The molecule has 0 aromatic heterocycles. The van der Waals surface area contributed by atoms with Crippen LogP contribution in [0.4, 0.5) is 0 Å². The molecule has 3 heteroatoms. The maximum Gasteiger partial charge on any atom is 0.155 e. The van der Waals surface area contributed by atoms with E-state index in [1.807, 2.05) is 34.6 Å². The SMILES string of the molecule is CCC(C)(CC)S(=O)(=O)CC(C)C. The molecule has 0 unspecified atom stereocenters. The Kier molecular flexibility index (Phi) is 4.43. The fraction of sp³-hybridized carbons (Fsp3) is 1.00. The van der Waals surface area contributed by atoms with E-state index in [9.17, 15) is 8.42 Å². The van der Waals surface area contributed by atoms with E-state index in [1.165, 1.54) is 0 Å². The maximum atomic E-state index is 11.9. The highest BCUT2D eigenvalue weighted by molar-refractivity contribution is 7.92. The van der Waals surface area contributed by atoms with Gasteiger partial charge >= 0.3 is 0 Å². The van der Waals surface area contributed by atoms with Crippen LogP contribution in [0.1, 0.15) is 47.5 Å². The summed E-state index contributed by atoms with van der Waals surface area (Å²) in [4.78, 5) is 0. The van der Waals surface area contributed by atoms with E-state index in [2.05, 4.69) is 0 Å². The average molecular weight is 206 g/mol. The maximum absolute atomic E-state index is 11.9. The summed E-state index contributed by atoms with van der Waals surface area (Å²) in [6.07, 6.45) is 1.41. The summed E-state index contributed by atoms with van der Waals surface area (Å²) in [5.74, 6) is 0.535. The third kappa shape index (κ3) is 2.97. The molecule has 80 valence electrons. The normalized spacial score (nSPS) is 13.7. The molecule has 0 atom stereocenters. The molecule has 0 bridgehead atoms. The molecule has 2 nitrogen and oxygen atoms in total. The van der Waals surface area contributed by atoms with Crippen molar-refractivity contribution in [3.05, 3.63) is 0 Å². The number of hydrogen-bond acceptors (Lipinski definition) is 2. The lowest BCUT2D eigenvalue weighted by Gasteiger charge is -2.27. The van der Waals surface area contributed by atoms with Gasteiger partial charge in [-0.25, -0.2) is 8.42 Å². The minimum absolute atomic E-state index is 0.224. The Hall–Kier alpha value is -0.0500. The third-order valence-electron chi connectivity index (χ3n) is 2.80. The van der Waals surface area contributed by atoms with Crippen molar-refractivity contribution in [1.82, 2.24) is 0 Å². The largest absolute Gasteiger partial charge is 0.228 e. The summed E-state index contributed by atoms with van der Waals surface area (Å²) in [5.41, 5.74) is 0. The Balaban J connectivity index is 4.80. The van der Waals surface area contributed by atoms with Gasteiger partial charge in [0.25, 0.3) is 0 Å². The molecule has 0 fully saturated rings. The van der Waals surface area contributed by atoms with Crippen LogP contribution in [-0.4, -0.2) is 18.9 Å². The molecule has 13 heavy (non-hydrogen) atoms. The minimum Gasteiger partial charge on any atom is -0.228 e. The Labute approximate surface area is 82.6 Å². The first kappa shape index (κ1) is 12.9. The quantitative estimate of drug-likeness (QED) is 0.693. The molecule has 0 saturated heterocycles. The van der Waals surface area contributed by atoms with Gasteiger partial charge in [0.15, 0.2) is 9.84 Å². The lowest BCUT2D eigenvalue weighted by atomic mass is 10.1. The van der Waals surface area contributed by atoms with Gasteiger partial charge in [-0.15, -0.1) is 0 Å². The van der Waals surface area contributed by atoms with Gasteiger partial charge in [0.1, 0.15) is 0 Å². The fourth-order valence-electron chi connectivity index (χ4n) is 1.33. The number of hydrogen-bond donors (Lipinski definition) is 0. The van der Waals surface area contributed by atoms with E-state index in [4.69, 9.17) is 0 Å². The smallest absolute Gasteiger partial charge is 0.155 e. The molecule has 0 aromatic rings. The molecule has 0 rings (SSSR count). The molecular weight excluding hydrogens is 184 g/mol. The highest BCUT2D eigenvalue weighted by Crippen LogP contribution is 2.27. The molecule has 0 saturated carbocycles. The van der Waals surface area contributed by atoms with Crippen molar-refractivity contribution in [1.29, 1.82) is 0 Å². The first-order valence-corrected chi connectivity index (χ1v) is 6.66. The van der Waals surface area contributed by atoms with Crippen LogP contribution in [0.3, 0.4) is 0 Å². The summed E-state index contributed by atoms with van der Waals surface area (Å²) in [5, 5.41) is 0. The molecule has 0 aromatic carbocycles. The Morgan fingerprint density at radius 3 is 1.77 bits per heavy atom. The molecule has 0 aliphatic rings. The molecule has 0 N–H and O–H groups in total. The average Bonchev–Trinajstić information content (AvgIpc) is 2.00. The van der Waals surface area contributed by atoms with E-state index in [0.717, 1.165) is 0 Å². The van der Waals surface area contributed by atoms with Crippen molar-refractivity contribution < 1.29 is 8.42 Å². The molecule has 0 spiro atoms. The highest BCUT2D eigenvalue weighted by atomic mass is 32.2. The Bertz CT molecular complexity index is 236. The Morgan fingerprint density at radius 2 is 1.54 bits per heavy atom. The van der Waals surface area contributed by atoms with E-state index in [-0.39, 0.29) is 5.92 Å². The van der Waals surface area contributed by atoms with Crippen LogP contribution in [0, 0.1) is 5.92 Å². The molecular formula is C10H22O2S. The van der Waals surface area contributed by atoms with E-state index in [1.54, 1.807) is 0 Å². The summed E-state index contributed by atoms with van der Waals surface area (Å²) in [6.45, 7) is 9.64. The van der Waals surface area contributed by atoms with Crippen molar-refractivity contribution in [3.8, 4) is 0 Å². The zero-order chi connectivity index (χ0) is 10.7. The summed E-state index contributed by atoms with van der Waals surface area (Å²) >= 11 is 0. The van der Waals surface area contributed by atoms with E-state index >= 15 is 0 Å². The molecule has 0 radical (unpaired) electrons. The first-order valence-electron chi connectivity index (χ1n) is 5.01. The van der Waals surface area contributed by atoms with Crippen LogP contribution < -0.4 is 0 Å². The molecule has 0 aliphatic carbocycles. The van der Waals surface area contributed by atoms with Crippen LogP contribution in [0.5, 0.6) is 0 Å².